The Kier molecular flexibility index (Phi) is 7.63. The molecule has 0 bridgehead atoms. The minimum Gasteiger partial charge on any atom is -0.333 e. The normalized spacial score (nSPS) is 15.4. The monoisotopic (exact) mass is 752 g/mol. The first-order valence-corrected chi connectivity index (χ1v) is 20.3. The number of hydrogen-bond acceptors (Lipinski definition) is 4. The summed E-state index contributed by atoms with van der Waals surface area (Å²) in [4.78, 5) is 18.4. The third-order valence-corrected chi connectivity index (χ3v) is 12.2. The van der Waals surface area contributed by atoms with E-state index in [0.29, 0.717) is 17.5 Å². The predicted molar refractivity (Wildman–Crippen MR) is 244 cm³/mol. The molecular weight excluding hydrogens is 717 g/mol. The summed E-state index contributed by atoms with van der Waals surface area (Å²) in [5, 5.41) is 7.10. The zero-order chi connectivity index (χ0) is 38.9. The topological polar surface area (TPSA) is 41.9 Å². The van der Waals surface area contributed by atoms with E-state index in [1.807, 2.05) is 18.2 Å². The molecule has 0 radical (unpaired) electrons. The van der Waals surface area contributed by atoms with Gasteiger partial charge in [0.1, 0.15) is 0 Å². The summed E-state index contributed by atoms with van der Waals surface area (Å²) >= 11 is 0. The molecule has 2 atom stereocenters. The molecule has 0 amide bonds. The van der Waals surface area contributed by atoms with Crippen molar-refractivity contribution in [3.63, 3.8) is 0 Å². The molecule has 2 heterocycles. The average Bonchev–Trinajstić information content (AvgIpc) is 3.63. The molecule has 4 heteroatoms. The zero-order valence-corrected chi connectivity index (χ0v) is 32.1. The van der Waals surface area contributed by atoms with Crippen LogP contribution in [0.1, 0.15) is 22.6 Å². The highest BCUT2D eigenvalue weighted by Gasteiger charge is 2.41. The summed E-state index contributed by atoms with van der Waals surface area (Å²) in [7, 11) is 0. The lowest BCUT2D eigenvalue weighted by atomic mass is 9.81. The van der Waals surface area contributed by atoms with E-state index in [4.69, 9.17) is 15.0 Å². The van der Waals surface area contributed by atoms with E-state index in [0.717, 1.165) is 44.3 Å². The van der Waals surface area contributed by atoms with Gasteiger partial charge in [0.2, 0.25) is 0 Å². The van der Waals surface area contributed by atoms with E-state index in [-0.39, 0.29) is 12.0 Å². The minimum absolute atomic E-state index is 0.0998. The predicted octanol–water partition coefficient (Wildman–Crippen LogP) is 13.7. The van der Waals surface area contributed by atoms with Crippen molar-refractivity contribution in [1.29, 1.82) is 0 Å². The SMILES string of the molecule is C1=CC2C(c3ccccc31)c1cc3ccccc3cc1N2c1ccc(-c2nc(-c3ccccc3)nc(-c3cccc4ccccc34)n2)c(-c2cccc3ccccc23)c1. The molecule has 59 heavy (non-hydrogen) atoms. The molecule has 12 rings (SSSR count). The van der Waals surface area contributed by atoms with Crippen molar-refractivity contribution in [3.8, 4) is 45.3 Å². The van der Waals surface area contributed by atoms with E-state index in [1.54, 1.807) is 0 Å². The van der Waals surface area contributed by atoms with Crippen molar-refractivity contribution in [2.45, 2.75) is 12.0 Å². The van der Waals surface area contributed by atoms with Gasteiger partial charge in [-0.25, -0.2) is 15.0 Å². The van der Waals surface area contributed by atoms with Crippen molar-refractivity contribution in [1.82, 2.24) is 15.0 Å². The Morgan fingerprint density at radius 1 is 0.390 bits per heavy atom. The summed E-state index contributed by atoms with van der Waals surface area (Å²) in [6, 6.07) is 69.6. The van der Waals surface area contributed by atoms with Crippen LogP contribution in [0.5, 0.6) is 0 Å². The van der Waals surface area contributed by atoms with Gasteiger partial charge in [-0.3, -0.25) is 0 Å². The number of benzene rings is 9. The Labute approximate surface area is 342 Å². The molecule has 2 unspecified atom stereocenters. The van der Waals surface area contributed by atoms with Crippen LogP contribution in [0.25, 0.3) is 83.7 Å². The fourth-order valence-corrected chi connectivity index (χ4v) is 9.52. The maximum absolute atomic E-state index is 5.36. The molecule has 0 N–H and O–H groups in total. The summed E-state index contributed by atoms with van der Waals surface area (Å²) in [5.74, 6) is 2.11. The highest BCUT2D eigenvalue weighted by atomic mass is 15.2. The van der Waals surface area contributed by atoms with E-state index < -0.39 is 0 Å². The number of anilines is 2. The van der Waals surface area contributed by atoms with Crippen molar-refractivity contribution in [3.05, 3.63) is 217 Å². The first kappa shape index (κ1) is 33.4. The molecule has 9 aromatic carbocycles. The summed E-state index contributed by atoms with van der Waals surface area (Å²) in [6.07, 6.45) is 4.71. The maximum Gasteiger partial charge on any atom is 0.164 e. The molecule has 4 nitrogen and oxygen atoms in total. The Balaban J connectivity index is 1.12. The number of rotatable bonds is 5. The van der Waals surface area contributed by atoms with Crippen LogP contribution in [-0.2, 0) is 0 Å². The average molecular weight is 753 g/mol. The van der Waals surface area contributed by atoms with Gasteiger partial charge in [-0.2, -0.15) is 0 Å². The van der Waals surface area contributed by atoms with Crippen LogP contribution in [-0.4, -0.2) is 21.0 Å². The summed E-state index contributed by atoms with van der Waals surface area (Å²) < 4.78 is 0. The fraction of sp³-hybridized carbons (Fsp3) is 0.0364. The number of nitrogens with zero attached hydrogens (tertiary/aromatic N) is 4. The molecule has 1 aromatic heterocycles. The Hall–Kier alpha value is -7.69. The van der Waals surface area contributed by atoms with Crippen LogP contribution in [0.2, 0.25) is 0 Å². The van der Waals surface area contributed by atoms with E-state index >= 15 is 0 Å². The number of fused-ring (bicyclic) bond motifs is 8. The van der Waals surface area contributed by atoms with Crippen molar-refractivity contribution in [2.24, 2.45) is 0 Å². The molecule has 0 spiro atoms. The molecule has 0 saturated heterocycles. The van der Waals surface area contributed by atoms with Gasteiger partial charge in [0.15, 0.2) is 17.5 Å². The third kappa shape index (κ3) is 5.49. The summed E-state index contributed by atoms with van der Waals surface area (Å²) in [5.41, 5.74) is 11.4. The van der Waals surface area contributed by atoms with Gasteiger partial charge in [-0.05, 0) is 90.5 Å². The number of aromatic nitrogens is 3. The molecular formula is C55H36N4. The van der Waals surface area contributed by atoms with Crippen molar-refractivity contribution in [2.75, 3.05) is 4.90 Å². The lowest BCUT2D eigenvalue weighted by Gasteiger charge is -2.32. The molecule has 1 aliphatic carbocycles. The molecule has 0 fully saturated rings. The minimum atomic E-state index is 0.0998. The molecule has 0 saturated carbocycles. The highest BCUT2D eigenvalue weighted by molar-refractivity contribution is 6.02. The quantitative estimate of drug-likeness (QED) is 0.176. The fourth-order valence-electron chi connectivity index (χ4n) is 9.52. The van der Waals surface area contributed by atoms with E-state index in [1.165, 1.54) is 43.9 Å². The standard InChI is InChI=1S/C55H36N4/c1-2-17-38(18-3-1)53-56-54(46-27-13-22-36-15-7-10-24-43(36)46)58-55(57-53)47-30-29-41(34-48(47)45-26-12-21-35-14-6-9-23-42(35)45)59-50-31-28-37-16-8-11-25-44(37)52(50)49-32-39-19-4-5-20-40(39)33-51(49)59/h1-34,50,52H. The van der Waals surface area contributed by atoms with Crippen molar-refractivity contribution >= 4 is 49.8 Å². The lowest BCUT2D eigenvalue weighted by Crippen LogP contribution is -2.30. The van der Waals surface area contributed by atoms with Crippen LogP contribution in [0.3, 0.4) is 0 Å². The van der Waals surface area contributed by atoms with E-state index in [2.05, 4.69) is 193 Å². The zero-order valence-electron chi connectivity index (χ0n) is 32.1. The first-order chi connectivity index (χ1) is 29.2. The van der Waals surface area contributed by atoms with Crippen LogP contribution >= 0.6 is 0 Å². The Morgan fingerprint density at radius 2 is 0.983 bits per heavy atom. The maximum atomic E-state index is 5.36. The first-order valence-electron chi connectivity index (χ1n) is 20.3. The lowest BCUT2D eigenvalue weighted by molar-refractivity contribution is 0.725. The molecule has 2 aliphatic rings. The van der Waals surface area contributed by atoms with Crippen LogP contribution in [0.4, 0.5) is 11.4 Å². The van der Waals surface area contributed by atoms with Gasteiger partial charge in [0.05, 0.1) is 6.04 Å². The van der Waals surface area contributed by atoms with Gasteiger partial charge in [-0.1, -0.05) is 176 Å². The molecule has 276 valence electrons. The van der Waals surface area contributed by atoms with Crippen LogP contribution in [0, 0.1) is 0 Å². The van der Waals surface area contributed by atoms with Gasteiger partial charge >= 0.3 is 0 Å². The van der Waals surface area contributed by atoms with Gasteiger partial charge in [-0.15, -0.1) is 0 Å². The van der Waals surface area contributed by atoms with Crippen LogP contribution < -0.4 is 4.90 Å². The molecule has 1 aliphatic heterocycles. The second-order valence-electron chi connectivity index (χ2n) is 15.5. The Morgan fingerprint density at radius 3 is 1.76 bits per heavy atom. The summed E-state index contributed by atoms with van der Waals surface area (Å²) in [6.45, 7) is 0. The second kappa shape index (κ2) is 13.5. The van der Waals surface area contributed by atoms with Gasteiger partial charge < -0.3 is 4.90 Å². The van der Waals surface area contributed by atoms with Crippen LogP contribution in [0.15, 0.2) is 200 Å². The van der Waals surface area contributed by atoms with E-state index in [9.17, 15) is 0 Å². The van der Waals surface area contributed by atoms with Gasteiger partial charge in [0.25, 0.3) is 0 Å². The highest BCUT2D eigenvalue weighted by Crippen LogP contribution is 2.53. The van der Waals surface area contributed by atoms with Gasteiger partial charge in [0, 0.05) is 34.0 Å². The smallest absolute Gasteiger partial charge is 0.164 e. The largest absolute Gasteiger partial charge is 0.333 e. The number of hydrogen-bond donors (Lipinski definition) is 0. The van der Waals surface area contributed by atoms with Crippen molar-refractivity contribution < 1.29 is 0 Å². The third-order valence-electron chi connectivity index (χ3n) is 12.2. The molecule has 10 aromatic rings. The Bertz CT molecular complexity index is 3300. The second-order valence-corrected chi connectivity index (χ2v) is 15.5.